The molecule has 0 heterocycles. The Morgan fingerprint density at radius 1 is 1.19 bits per heavy atom. The number of likely N-dealkylation sites (N-methyl/N-ethyl adjacent to an activating group) is 1. The quantitative estimate of drug-likeness (QED) is 0.339. The fourth-order valence-corrected chi connectivity index (χ4v) is 2.78. The number of aliphatic imine (C=N–C) groups is 1. The summed E-state index contributed by atoms with van der Waals surface area (Å²) in [6, 6.07) is 8.58. The van der Waals surface area contributed by atoms with Gasteiger partial charge in [-0.25, -0.2) is 0 Å². The van der Waals surface area contributed by atoms with Gasteiger partial charge in [0.05, 0.1) is 6.54 Å². The number of anilines is 1. The number of nitrogens with one attached hydrogen (secondary N) is 3. The molecule has 0 bridgehead atoms. The van der Waals surface area contributed by atoms with Crippen molar-refractivity contribution in [2.45, 2.75) is 33.6 Å². The van der Waals surface area contributed by atoms with Crippen molar-refractivity contribution in [3.05, 3.63) is 29.8 Å². The van der Waals surface area contributed by atoms with E-state index in [4.69, 9.17) is 0 Å². The summed E-state index contributed by atoms with van der Waals surface area (Å²) >= 11 is 0. The fraction of sp³-hybridized carbons (Fsp3) is 0.600. The van der Waals surface area contributed by atoms with Gasteiger partial charge in [-0.2, -0.15) is 0 Å². The zero-order valence-electron chi connectivity index (χ0n) is 16.3. The van der Waals surface area contributed by atoms with Crippen molar-refractivity contribution in [3.63, 3.8) is 0 Å². The Bertz CT molecular complexity index is 598. The molecular formula is C20H33N5O. The third-order valence-electron chi connectivity index (χ3n) is 4.40. The lowest BCUT2D eigenvalue weighted by molar-refractivity contribution is -0.122. The fourth-order valence-electron chi connectivity index (χ4n) is 2.78. The minimum atomic E-state index is 0.176. The number of benzene rings is 1. The molecule has 1 aliphatic rings. The van der Waals surface area contributed by atoms with Gasteiger partial charge in [0.25, 0.3) is 0 Å². The molecule has 1 aromatic rings. The van der Waals surface area contributed by atoms with Gasteiger partial charge in [0.1, 0.15) is 0 Å². The summed E-state index contributed by atoms with van der Waals surface area (Å²) in [5.41, 5.74) is 2.52. The average molecular weight is 360 g/mol. The van der Waals surface area contributed by atoms with Crippen molar-refractivity contribution in [3.8, 4) is 0 Å². The zero-order valence-corrected chi connectivity index (χ0v) is 16.3. The van der Waals surface area contributed by atoms with Gasteiger partial charge >= 0.3 is 0 Å². The van der Waals surface area contributed by atoms with Gasteiger partial charge in [-0.15, -0.1) is 0 Å². The topological polar surface area (TPSA) is 68.8 Å². The molecular weight excluding hydrogens is 326 g/mol. The van der Waals surface area contributed by atoms with Gasteiger partial charge in [-0.05, 0) is 51.3 Å². The molecule has 6 heteroatoms. The molecule has 0 unspecified atom stereocenters. The van der Waals surface area contributed by atoms with Crippen molar-refractivity contribution in [2.24, 2.45) is 10.9 Å². The lowest BCUT2D eigenvalue weighted by Crippen LogP contribution is -2.42. The van der Waals surface area contributed by atoms with Gasteiger partial charge in [-0.1, -0.05) is 12.1 Å². The van der Waals surface area contributed by atoms with Crippen LogP contribution in [-0.4, -0.2) is 51.1 Å². The number of rotatable bonds is 10. The first-order valence-corrected chi connectivity index (χ1v) is 9.75. The van der Waals surface area contributed by atoms with Crippen LogP contribution in [0.15, 0.2) is 29.3 Å². The summed E-state index contributed by atoms with van der Waals surface area (Å²) in [4.78, 5) is 18.5. The number of hydrogen-bond donors (Lipinski definition) is 3. The summed E-state index contributed by atoms with van der Waals surface area (Å²) in [5.74, 6) is 1.23. The summed E-state index contributed by atoms with van der Waals surface area (Å²) in [5, 5.41) is 9.57. The first kappa shape index (κ1) is 20.1. The molecule has 26 heavy (non-hydrogen) atoms. The largest absolute Gasteiger partial charge is 0.370 e. The Labute approximate surface area is 157 Å². The van der Waals surface area contributed by atoms with Gasteiger partial charge in [0.2, 0.25) is 5.91 Å². The highest BCUT2D eigenvalue weighted by Crippen LogP contribution is 2.28. The lowest BCUT2D eigenvalue weighted by atomic mass is 10.2. The van der Waals surface area contributed by atoms with E-state index in [1.165, 1.54) is 11.3 Å². The minimum absolute atomic E-state index is 0.176. The molecule has 2 rings (SSSR count). The predicted octanol–water partition coefficient (Wildman–Crippen LogP) is 1.90. The zero-order chi connectivity index (χ0) is 18.8. The van der Waals surface area contributed by atoms with E-state index in [-0.39, 0.29) is 11.8 Å². The number of guanidine groups is 1. The predicted molar refractivity (Wildman–Crippen MR) is 109 cm³/mol. The molecule has 1 saturated carbocycles. The third-order valence-corrected chi connectivity index (χ3v) is 4.40. The summed E-state index contributed by atoms with van der Waals surface area (Å²) in [7, 11) is 0. The first-order chi connectivity index (χ1) is 12.6. The number of aryl methyl sites for hydroxylation is 1. The Morgan fingerprint density at radius 3 is 2.65 bits per heavy atom. The molecule has 144 valence electrons. The number of carbonyl (C=O) groups excluding carboxylic acids is 1. The minimum Gasteiger partial charge on any atom is -0.370 e. The third kappa shape index (κ3) is 6.94. The van der Waals surface area contributed by atoms with Gasteiger partial charge in [0, 0.05) is 44.3 Å². The maximum atomic E-state index is 11.6. The highest BCUT2D eigenvalue weighted by molar-refractivity contribution is 5.81. The van der Waals surface area contributed by atoms with Crippen LogP contribution in [0.1, 0.15) is 32.3 Å². The Hall–Kier alpha value is -2.24. The molecule has 0 saturated heterocycles. The van der Waals surface area contributed by atoms with Crippen molar-refractivity contribution in [1.29, 1.82) is 0 Å². The van der Waals surface area contributed by atoms with E-state index >= 15 is 0 Å². The molecule has 1 aromatic carbocycles. The Balaban J connectivity index is 1.75. The summed E-state index contributed by atoms with van der Waals surface area (Å²) in [6.07, 6.45) is 2.07. The molecule has 0 aliphatic heterocycles. The van der Waals surface area contributed by atoms with Gasteiger partial charge in [0.15, 0.2) is 5.96 Å². The second-order valence-electron chi connectivity index (χ2n) is 6.67. The van der Waals surface area contributed by atoms with E-state index in [2.05, 4.69) is 70.9 Å². The van der Waals surface area contributed by atoms with E-state index in [9.17, 15) is 4.79 Å². The van der Waals surface area contributed by atoms with Crippen LogP contribution in [0.5, 0.6) is 0 Å². The average Bonchev–Trinajstić information content (AvgIpc) is 3.47. The van der Waals surface area contributed by atoms with Crippen molar-refractivity contribution >= 4 is 17.6 Å². The molecule has 1 aliphatic carbocycles. The molecule has 0 radical (unpaired) electrons. The monoisotopic (exact) mass is 359 g/mol. The second-order valence-corrected chi connectivity index (χ2v) is 6.67. The second kappa shape index (κ2) is 10.7. The standard InChI is InChI=1S/C20H33N5O/c1-4-21-20(23-12-11-22-19(26)17-9-10-17)24-13-14-25(5-2)18-8-6-7-16(3)15-18/h6-8,15,17H,4-5,9-14H2,1-3H3,(H,22,26)(H2,21,23,24). The maximum absolute atomic E-state index is 11.6. The van der Waals surface area contributed by atoms with Crippen LogP contribution in [0.3, 0.4) is 0 Å². The summed E-state index contributed by atoms with van der Waals surface area (Å²) < 4.78 is 0. The Kier molecular flexibility index (Phi) is 8.25. The van der Waals surface area contributed by atoms with Crippen molar-refractivity contribution in [2.75, 3.05) is 44.2 Å². The van der Waals surface area contributed by atoms with Gasteiger partial charge in [-0.3, -0.25) is 9.79 Å². The van der Waals surface area contributed by atoms with Crippen LogP contribution in [0.2, 0.25) is 0 Å². The van der Waals surface area contributed by atoms with E-state index in [0.29, 0.717) is 13.1 Å². The molecule has 0 spiro atoms. The highest BCUT2D eigenvalue weighted by Gasteiger charge is 2.28. The molecule has 3 N–H and O–H groups in total. The normalized spacial score (nSPS) is 14.0. The molecule has 0 atom stereocenters. The summed E-state index contributed by atoms with van der Waals surface area (Å²) in [6.45, 7) is 11.0. The van der Waals surface area contributed by atoms with Crippen LogP contribution in [0, 0.1) is 12.8 Å². The van der Waals surface area contributed by atoms with E-state index < -0.39 is 0 Å². The van der Waals surface area contributed by atoms with Crippen LogP contribution >= 0.6 is 0 Å². The van der Waals surface area contributed by atoms with Crippen LogP contribution in [-0.2, 0) is 4.79 Å². The van der Waals surface area contributed by atoms with Crippen LogP contribution in [0.4, 0.5) is 5.69 Å². The molecule has 1 fully saturated rings. The van der Waals surface area contributed by atoms with E-state index in [1.807, 2.05) is 0 Å². The lowest BCUT2D eigenvalue weighted by Gasteiger charge is -2.24. The molecule has 1 amide bonds. The number of carbonyl (C=O) groups is 1. The Morgan fingerprint density at radius 2 is 2.00 bits per heavy atom. The maximum Gasteiger partial charge on any atom is 0.223 e. The number of hydrogen-bond acceptors (Lipinski definition) is 3. The van der Waals surface area contributed by atoms with Crippen LogP contribution < -0.4 is 20.9 Å². The smallest absolute Gasteiger partial charge is 0.223 e. The van der Waals surface area contributed by atoms with E-state index in [1.54, 1.807) is 0 Å². The molecule has 6 nitrogen and oxygen atoms in total. The van der Waals surface area contributed by atoms with Crippen LogP contribution in [0.25, 0.3) is 0 Å². The van der Waals surface area contributed by atoms with Gasteiger partial charge < -0.3 is 20.9 Å². The first-order valence-electron chi connectivity index (χ1n) is 9.75. The van der Waals surface area contributed by atoms with Crippen molar-refractivity contribution < 1.29 is 4.79 Å². The SMILES string of the molecule is CCNC(=NCCNC(=O)C1CC1)NCCN(CC)c1cccc(C)c1. The number of nitrogens with zero attached hydrogens (tertiary/aromatic N) is 2. The van der Waals surface area contributed by atoms with Crippen molar-refractivity contribution in [1.82, 2.24) is 16.0 Å². The van der Waals surface area contributed by atoms with E-state index in [0.717, 1.165) is 45.0 Å². The number of amides is 1. The molecule has 0 aromatic heterocycles. The highest BCUT2D eigenvalue weighted by atomic mass is 16.2.